The summed E-state index contributed by atoms with van der Waals surface area (Å²) in [5.74, 6) is -0.191. The number of carbonyl (C=O) groups excluding carboxylic acids is 2. The zero-order valence-electron chi connectivity index (χ0n) is 16.2. The van der Waals surface area contributed by atoms with Gasteiger partial charge >= 0.3 is 5.97 Å². The molecule has 0 fully saturated rings. The van der Waals surface area contributed by atoms with Crippen molar-refractivity contribution in [3.8, 4) is 0 Å². The first kappa shape index (κ1) is 19.7. The molecule has 0 spiro atoms. The summed E-state index contributed by atoms with van der Waals surface area (Å²) in [6, 6.07) is 13.2. The van der Waals surface area contributed by atoms with Gasteiger partial charge in [0.05, 0.1) is 18.2 Å². The van der Waals surface area contributed by atoms with Gasteiger partial charge in [-0.3, -0.25) is 4.79 Å². The molecule has 0 aliphatic carbocycles. The third-order valence-electron chi connectivity index (χ3n) is 4.79. The third kappa shape index (κ3) is 3.65. The van der Waals surface area contributed by atoms with Crippen LogP contribution in [0, 0.1) is 0 Å². The number of amides is 1. The fourth-order valence-corrected chi connectivity index (χ4v) is 3.47. The summed E-state index contributed by atoms with van der Waals surface area (Å²) in [5.41, 5.74) is 2.95. The van der Waals surface area contributed by atoms with Crippen LogP contribution in [0.4, 0.5) is 11.6 Å². The molecule has 0 bridgehead atoms. The maximum atomic E-state index is 13.2. The van der Waals surface area contributed by atoms with Crippen molar-refractivity contribution < 1.29 is 14.3 Å². The predicted octanol–water partition coefficient (Wildman–Crippen LogP) is 3.65. The number of fused-ring (bicyclic) bond motifs is 1. The van der Waals surface area contributed by atoms with Gasteiger partial charge in [-0.1, -0.05) is 23.7 Å². The molecule has 2 aromatic carbocycles. The van der Waals surface area contributed by atoms with Gasteiger partial charge in [0, 0.05) is 16.4 Å². The second-order valence-corrected chi connectivity index (χ2v) is 7.11. The molecule has 1 unspecified atom stereocenters. The second kappa shape index (κ2) is 8.00. The Labute approximate surface area is 177 Å². The third-order valence-corrected chi connectivity index (χ3v) is 5.04. The summed E-state index contributed by atoms with van der Waals surface area (Å²) in [6.07, 6.45) is 1.42. The number of halogens is 1. The van der Waals surface area contributed by atoms with Crippen molar-refractivity contribution in [1.82, 2.24) is 14.8 Å². The molecule has 0 radical (unpaired) electrons. The van der Waals surface area contributed by atoms with E-state index in [1.807, 2.05) is 6.92 Å². The fourth-order valence-electron chi connectivity index (χ4n) is 3.34. The van der Waals surface area contributed by atoms with E-state index < -0.39 is 12.0 Å². The Morgan fingerprint density at radius 1 is 1.13 bits per heavy atom. The van der Waals surface area contributed by atoms with E-state index in [0.717, 1.165) is 5.56 Å². The number of esters is 1. The van der Waals surface area contributed by atoms with Crippen LogP contribution in [-0.4, -0.2) is 33.8 Å². The van der Waals surface area contributed by atoms with Crippen molar-refractivity contribution in [2.75, 3.05) is 17.7 Å². The SMILES string of the molecule is COC(=O)c1ccc(C2C(C(=O)Nc3ccc(Cl)cc3)=C(C)Nc3ncnn32)cc1. The van der Waals surface area contributed by atoms with Crippen molar-refractivity contribution >= 4 is 35.1 Å². The van der Waals surface area contributed by atoms with E-state index in [4.69, 9.17) is 16.3 Å². The van der Waals surface area contributed by atoms with Gasteiger partial charge < -0.3 is 15.4 Å². The average Bonchev–Trinajstić information content (AvgIpc) is 3.22. The molecule has 2 N–H and O–H groups in total. The number of nitrogens with one attached hydrogen (secondary N) is 2. The Morgan fingerprint density at radius 2 is 1.83 bits per heavy atom. The standard InChI is InChI=1S/C21H18ClN5O3/c1-12-17(19(28)26-16-9-7-15(22)8-10-16)18(27-21(25-12)23-11-24-27)13-3-5-14(6-4-13)20(29)30-2/h3-11,18H,1-2H3,(H,26,28)(H,23,24,25). The molecule has 1 aliphatic rings. The molecular formula is C21H18ClN5O3. The van der Waals surface area contributed by atoms with Gasteiger partial charge in [-0.05, 0) is 48.9 Å². The summed E-state index contributed by atoms with van der Waals surface area (Å²) < 4.78 is 6.39. The molecule has 0 saturated carbocycles. The normalized spacial score (nSPS) is 15.2. The fraction of sp³-hybridized carbons (Fsp3) is 0.143. The van der Waals surface area contributed by atoms with Crippen LogP contribution in [0.2, 0.25) is 5.02 Å². The highest BCUT2D eigenvalue weighted by molar-refractivity contribution is 6.30. The first-order valence-corrected chi connectivity index (χ1v) is 9.48. The number of hydrogen-bond acceptors (Lipinski definition) is 6. The Kier molecular flexibility index (Phi) is 5.24. The number of allylic oxidation sites excluding steroid dienone is 1. The number of benzene rings is 2. The Hall–Kier alpha value is -3.65. The van der Waals surface area contributed by atoms with E-state index in [1.54, 1.807) is 53.2 Å². The lowest BCUT2D eigenvalue weighted by Gasteiger charge is -2.28. The number of nitrogens with zero attached hydrogens (tertiary/aromatic N) is 3. The molecule has 1 amide bonds. The minimum absolute atomic E-state index is 0.287. The van der Waals surface area contributed by atoms with Crippen molar-refractivity contribution in [3.05, 3.63) is 82.3 Å². The van der Waals surface area contributed by atoms with Crippen molar-refractivity contribution in [1.29, 1.82) is 0 Å². The van der Waals surface area contributed by atoms with Crippen LogP contribution in [0.1, 0.15) is 28.9 Å². The van der Waals surface area contributed by atoms with Gasteiger partial charge in [0.25, 0.3) is 5.91 Å². The average molecular weight is 424 g/mol. The lowest BCUT2D eigenvalue weighted by atomic mass is 9.94. The highest BCUT2D eigenvalue weighted by Gasteiger charge is 2.33. The number of anilines is 2. The van der Waals surface area contributed by atoms with Crippen LogP contribution in [0.3, 0.4) is 0 Å². The molecule has 1 atom stereocenters. The van der Waals surface area contributed by atoms with Crippen molar-refractivity contribution in [3.63, 3.8) is 0 Å². The van der Waals surface area contributed by atoms with Crippen LogP contribution < -0.4 is 10.6 Å². The molecule has 0 saturated heterocycles. The molecular weight excluding hydrogens is 406 g/mol. The number of aromatic nitrogens is 3. The molecule has 8 nitrogen and oxygen atoms in total. The first-order chi connectivity index (χ1) is 14.5. The Balaban J connectivity index is 1.72. The number of methoxy groups -OCH3 is 1. The zero-order chi connectivity index (χ0) is 21.3. The molecule has 3 aromatic rings. The number of rotatable bonds is 4. The van der Waals surface area contributed by atoms with Gasteiger partial charge in [-0.15, -0.1) is 0 Å². The molecule has 1 aromatic heterocycles. The monoisotopic (exact) mass is 423 g/mol. The van der Waals surface area contributed by atoms with Crippen LogP contribution in [0.25, 0.3) is 0 Å². The number of hydrogen-bond donors (Lipinski definition) is 2. The van der Waals surface area contributed by atoms with Gasteiger partial charge in [0.1, 0.15) is 12.4 Å². The van der Waals surface area contributed by atoms with E-state index in [2.05, 4.69) is 20.7 Å². The minimum atomic E-state index is -0.525. The van der Waals surface area contributed by atoms with Crippen molar-refractivity contribution in [2.24, 2.45) is 0 Å². The highest BCUT2D eigenvalue weighted by atomic mass is 35.5. The summed E-state index contributed by atoms with van der Waals surface area (Å²) in [4.78, 5) is 29.2. The topological polar surface area (TPSA) is 98.1 Å². The van der Waals surface area contributed by atoms with E-state index in [-0.39, 0.29) is 5.91 Å². The van der Waals surface area contributed by atoms with E-state index >= 15 is 0 Å². The summed E-state index contributed by atoms with van der Waals surface area (Å²) in [7, 11) is 1.33. The van der Waals surface area contributed by atoms with Crippen LogP contribution in [0.15, 0.2) is 66.1 Å². The number of carbonyl (C=O) groups is 2. The van der Waals surface area contributed by atoms with Gasteiger partial charge in [-0.25, -0.2) is 9.48 Å². The van der Waals surface area contributed by atoms with E-state index in [9.17, 15) is 9.59 Å². The molecule has 9 heteroatoms. The Bertz CT molecular complexity index is 1140. The van der Waals surface area contributed by atoms with Crippen LogP contribution in [0.5, 0.6) is 0 Å². The van der Waals surface area contributed by atoms with Crippen molar-refractivity contribution in [2.45, 2.75) is 13.0 Å². The molecule has 152 valence electrons. The molecule has 1 aliphatic heterocycles. The first-order valence-electron chi connectivity index (χ1n) is 9.10. The van der Waals surface area contributed by atoms with Crippen LogP contribution in [-0.2, 0) is 9.53 Å². The Morgan fingerprint density at radius 3 is 2.50 bits per heavy atom. The predicted molar refractivity (Wildman–Crippen MR) is 112 cm³/mol. The largest absolute Gasteiger partial charge is 0.465 e. The zero-order valence-corrected chi connectivity index (χ0v) is 17.0. The lowest BCUT2D eigenvalue weighted by Crippen LogP contribution is -2.31. The van der Waals surface area contributed by atoms with Gasteiger partial charge in [0.2, 0.25) is 5.95 Å². The number of ether oxygens (including phenoxy) is 1. The van der Waals surface area contributed by atoms with Gasteiger partial charge in [0.15, 0.2) is 0 Å². The molecule has 2 heterocycles. The minimum Gasteiger partial charge on any atom is -0.465 e. The second-order valence-electron chi connectivity index (χ2n) is 6.67. The quantitative estimate of drug-likeness (QED) is 0.621. The van der Waals surface area contributed by atoms with E-state index in [1.165, 1.54) is 13.4 Å². The highest BCUT2D eigenvalue weighted by Crippen LogP contribution is 2.35. The molecule has 30 heavy (non-hydrogen) atoms. The van der Waals surface area contributed by atoms with E-state index in [0.29, 0.717) is 33.5 Å². The summed E-state index contributed by atoms with van der Waals surface area (Å²) in [5, 5.41) is 10.9. The molecule has 4 rings (SSSR count). The van der Waals surface area contributed by atoms with Crippen LogP contribution >= 0.6 is 11.6 Å². The smallest absolute Gasteiger partial charge is 0.337 e. The maximum absolute atomic E-state index is 13.2. The van der Waals surface area contributed by atoms with Gasteiger partial charge in [-0.2, -0.15) is 10.1 Å². The lowest BCUT2D eigenvalue weighted by molar-refractivity contribution is -0.113. The summed E-state index contributed by atoms with van der Waals surface area (Å²) >= 11 is 5.93. The summed E-state index contributed by atoms with van der Waals surface area (Å²) in [6.45, 7) is 1.81. The maximum Gasteiger partial charge on any atom is 0.337 e.